The van der Waals surface area contributed by atoms with Crippen LogP contribution in [0.2, 0.25) is 0 Å². The molecule has 2 rings (SSSR count). The van der Waals surface area contributed by atoms with Gasteiger partial charge in [-0.1, -0.05) is 6.92 Å². The van der Waals surface area contributed by atoms with Gasteiger partial charge in [-0.2, -0.15) is 0 Å². The molecule has 0 atom stereocenters. The average Bonchev–Trinajstić information content (AvgIpc) is 2.64. The van der Waals surface area contributed by atoms with Crippen molar-refractivity contribution in [2.45, 2.75) is 32.7 Å². The number of piperidine rings is 1. The molecule has 0 unspecified atom stereocenters. The predicted molar refractivity (Wildman–Crippen MR) is 101 cm³/mol. The molecule has 1 aliphatic heterocycles. The van der Waals surface area contributed by atoms with Crippen LogP contribution in [0.3, 0.4) is 0 Å². The zero-order valence-electron chi connectivity index (χ0n) is 16.1. The number of aromatic amines is 1. The Labute approximate surface area is 158 Å². The van der Waals surface area contributed by atoms with Gasteiger partial charge in [-0.25, -0.2) is 4.79 Å². The number of nitrogens with one attached hydrogen (secondary N) is 2. The summed E-state index contributed by atoms with van der Waals surface area (Å²) in [6.07, 6.45) is 4.02. The minimum atomic E-state index is -0.574. The van der Waals surface area contributed by atoms with Crippen LogP contribution < -0.4 is 16.6 Å². The van der Waals surface area contributed by atoms with Crippen LogP contribution in [0.4, 0.5) is 0 Å². The van der Waals surface area contributed by atoms with E-state index in [9.17, 15) is 19.2 Å². The number of likely N-dealkylation sites (tertiary alicyclic amines) is 1. The maximum Gasteiger partial charge on any atom is 0.328 e. The standard InChI is InChI=1S/C18H29N5O4/c1-3-21(2)12-16(25)19-8-4-14-5-9-22(10-6-14)17(26)13-23-11-7-15(24)20-18(23)27/h7,11,14H,3-6,8-10,12-13H2,1-2H3,(H,19,25)(H,20,24,27). The summed E-state index contributed by atoms with van der Waals surface area (Å²) in [4.78, 5) is 52.7. The molecule has 0 radical (unpaired) electrons. The van der Waals surface area contributed by atoms with Gasteiger partial charge in [0, 0.05) is 31.9 Å². The van der Waals surface area contributed by atoms with Crippen molar-refractivity contribution in [3.05, 3.63) is 33.1 Å². The smallest absolute Gasteiger partial charge is 0.328 e. The molecule has 0 spiro atoms. The highest BCUT2D eigenvalue weighted by molar-refractivity contribution is 5.78. The van der Waals surface area contributed by atoms with Crippen molar-refractivity contribution in [2.24, 2.45) is 5.92 Å². The molecular formula is C18H29N5O4. The van der Waals surface area contributed by atoms with Crippen LogP contribution in [0, 0.1) is 5.92 Å². The van der Waals surface area contributed by atoms with E-state index in [0.717, 1.165) is 25.8 Å². The first kappa shape index (κ1) is 20.9. The third kappa shape index (κ3) is 6.67. The van der Waals surface area contributed by atoms with E-state index in [1.165, 1.54) is 16.8 Å². The van der Waals surface area contributed by atoms with Gasteiger partial charge in [-0.3, -0.25) is 28.8 Å². The van der Waals surface area contributed by atoms with Crippen molar-refractivity contribution in [1.29, 1.82) is 0 Å². The highest BCUT2D eigenvalue weighted by Crippen LogP contribution is 2.20. The monoisotopic (exact) mass is 379 g/mol. The van der Waals surface area contributed by atoms with Crippen LogP contribution in [0.5, 0.6) is 0 Å². The van der Waals surface area contributed by atoms with E-state index in [2.05, 4.69) is 10.3 Å². The van der Waals surface area contributed by atoms with E-state index in [4.69, 9.17) is 0 Å². The average molecular weight is 379 g/mol. The second kappa shape index (κ2) is 10.1. The van der Waals surface area contributed by atoms with E-state index in [1.54, 1.807) is 4.90 Å². The first-order valence-corrected chi connectivity index (χ1v) is 9.41. The van der Waals surface area contributed by atoms with Gasteiger partial charge in [0.15, 0.2) is 0 Å². The lowest BCUT2D eigenvalue weighted by Gasteiger charge is -2.32. The van der Waals surface area contributed by atoms with Crippen LogP contribution in [0.15, 0.2) is 21.9 Å². The Hall–Kier alpha value is -2.42. The number of likely N-dealkylation sites (N-methyl/N-ethyl adjacent to an activating group) is 1. The molecule has 27 heavy (non-hydrogen) atoms. The second-order valence-corrected chi connectivity index (χ2v) is 7.03. The molecule has 1 aliphatic rings. The van der Waals surface area contributed by atoms with Crippen LogP contribution in [-0.2, 0) is 16.1 Å². The largest absolute Gasteiger partial charge is 0.355 e. The number of hydrogen-bond acceptors (Lipinski definition) is 5. The third-order valence-corrected chi connectivity index (χ3v) is 5.00. The van der Waals surface area contributed by atoms with Gasteiger partial charge in [-0.15, -0.1) is 0 Å². The highest BCUT2D eigenvalue weighted by Gasteiger charge is 2.23. The molecule has 2 amide bonds. The van der Waals surface area contributed by atoms with Crippen molar-refractivity contribution < 1.29 is 9.59 Å². The minimum Gasteiger partial charge on any atom is -0.355 e. The summed E-state index contributed by atoms with van der Waals surface area (Å²) >= 11 is 0. The Bertz CT molecular complexity index is 749. The molecule has 2 N–H and O–H groups in total. The van der Waals surface area contributed by atoms with Crippen LogP contribution >= 0.6 is 0 Å². The maximum absolute atomic E-state index is 12.4. The SMILES string of the molecule is CCN(C)CC(=O)NCCC1CCN(C(=O)Cn2ccc(=O)[nH]c2=O)CC1. The lowest BCUT2D eigenvalue weighted by atomic mass is 9.93. The number of amides is 2. The van der Waals surface area contributed by atoms with Crippen molar-refractivity contribution in [2.75, 3.05) is 39.8 Å². The number of carbonyl (C=O) groups excluding carboxylic acids is 2. The van der Waals surface area contributed by atoms with Crippen molar-refractivity contribution in [1.82, 2.24) is 24.7 Å². The lowest BCUT2D eigenvalue weighted by Crippen LogP contribution is -2.43. The molecule has 9 nitrogen and oxygen atoms in total. The van der Waals surface area contributed by atoms with E-state index >= 15 is 0 Å². The molecule has 0 aliphatic carbocycles. The number of rotatable bonds is 8. The Morgan fingerprint density at radius 3 is 2.63 bits per heavy atom. The van der Waals surface area contributed by atoms with E-state index < -0.39 is 11.2 Å². The Morgan fingerprint density at radius 2 is 2.00 bits per heavy atom. The first-order chi connectivity index (χ1) is 12.9. The first-order valence-electron chi connectivity index (χ1n) is 9.41. The zero-order valence-corrected chi connectivity index (χ0v) is 16.1. The van der Waals surface area contributed by atoms with Crippen LogP contribution in [0.25, 0.3) is 0 Å². The summed E-state index contributed by atoms with van der Waals surface area (Å²) < 4.78 is 1.21. The molecule has 1 aromatic heterocycles. The van der Waals surface area contributed by atoms with E-state index in [-0.39, 0.29) is 18.4 Å². The predicted octanol–water partition coefficient (Wildman–Crippen LogP) is -0.767. The minimum absolute atomic E-state index is 0.0401. The fraction of sp³-hybridized carbons (Fsp3) is 0.667. The molecule has 150 valence electrons. The van der Waals surface area contributed by atoms with Crippen molar-refractivity contribution >= 4 is 11.8 Å². The molecule has 1 aromatic rings. The number of nitrogens with zero attached hydrogens (tertiary/aromatic N) is 3. The molecule has 9 heteroatoms. The van der Waals surface area contributed by atoms with Gasteiger partial charge >= 0.3 is 5.69 Å². The molecule has 0 bridgehead atoms. The zero-order chi connectivity index (χ0) is 19.8. The van der Waals surface area contributed by atoms with Crippen molar-refractivity contribution in [3.8, 4) is 0 Å². The van der Waals surface area contributed by atoms with Gasteiger partial charge < -0.3 is 10.2 Å². The summed E-state index contributed by atoms with van der Waals surface area (Å²) in [5.74, 6) is 0.394. The number of H-pyrrole nitrogens is 1. The van der Waals surface area contributed by atoms with Gasteiger partial charge in [0.2, 0.25) is 11.8 Å². The third-order valence-electron chi connectivity index (χ3n) is 5.00. The summed E-state index contributed by atoms with van der Waals surface area (Å²) in [6, 6.07) is 1.23. The van der Waals surface area contributed by atoms with E-state index in [1.807, 2.05) is 18.9 Å². The molecular weight excluding hydrogens is 350 g/mol. The normalized spacial score (nSPS) is 15.1. The second-order valence-electron chi connectivity index (χ2n) is 7.03. The fourth-order valence-electron chi connectivity index (χ4n) is 3.11. The number of hydrogen-bond donors (Lipinski definition) is 2. The van der Waals surface area contributed by atoms with Gasteiger partial charge in [0.25, 0.3) is 5.56 Å². The van der Waals surface area contributed by atoms with Crippen molar-refractivity contribution in [3.63, 3.8) is 0 Å². The summed E-state index contributed by atoms with van der Waals surface area (Å²) in [5.41, 5.74) is -1.05. The number of aromatic nitrogens is 2. The summed E-state index contributed by atoms with van der Waals surface area (Å²) in [5, 5.41) is 2.94. The van der Waals surface area contributed by atoms with Gasteiger partial charge in [0.05, 0.1) is 6.54 Å². The fourth-order valence-corrected chi connectivity index (χ4v) is 3.11. The maximum atomic E-state index is 12.4. The molecule has 0 saturated carbocycles. The molecule has 1 fully saturated rings. The summed E-state index contributed by atoms with van der Waals surface area (Å²) in [6.45, 7) is 5.14. The highest BCUT2D eigenvalue weighted by atomic mass is 16.2. The van der Waals surface area contributed by atoms with Crippen LogP contribution in [-0.4, -0.2) is 70.9 Å². The molecule has 0 aromatic carbocycles. The lowest BCUT2D eigenvalue weighted by molar-refractivity contribution is -0.133. The molecule has 1 saturated heterocycles. The van der Waals surface area contributed by atoms with E-state index in [0.29, 0.717) is 32.1 Å². The van der Waals surface area contributed by atoms with Gasteiger partial charge in [-0.05, 0) is 38.8 Å². The summed E-state index contributed by atoms with van der Waals surface area (Å²) in [7, 11) is 1.91. The molecule has 2 heterocycles. The van der Waals surface area contributed by atoms with Crippen LogP contribution in [0.1, 0.15) is 26.2 Å². The Balaban J connectivity index is 1.70. The Kier molecular flexibility index (Phi) is 7.78. The van der Waals surface area contributed by atoms with Gasteiger partial charge in [0.1, 0.15) is 6.54 Å². The topological polar surface area (TPSA) is 108 Å². The quantitative estimate of drug-likeness (QED) is 0.617. The number of carbonyl (C=O) groups is 2. The Morgan fingerprint density at radius 1 is 1.30 bits per heavy atom.